The second-order valence-corrected chi connectivity index (χ2v) is 7.80. The van der Waals surface area contributed by atoms with Crippen LogP contribution in [-0.4, -0.2) is 46.1 Å². The largest absolute Gasteiger partial charge is 0.486 e. The Balaban J connectivity index is 1.78. The van der Waals surface area contributed by atoms with Crippen LogP contribution in [0.15, 0.2) is 47.4 Å². The van der Waals surface area contributed by atoms with E-state index in [9.17, 15) is 13.2 Å². The SMILES string of the molecule is COC(=O)c1ccc(CN(C)S(=O)(=O)c2ccc3c(c2)OCCO3)cc1. The average molecular weight is 377 g/mol. The molecular weight excluding hydrogens is 358 g/mol. The molecule has 0 N–H and O–H groups in total. The van der Waals surface area contributed by atoms with Gasteiger partial charge in [-0.25, -0.2) is 13.2 Å². The van der Waals surface area contributed by atoms with Crippen molar-refractivity contribution < 1.29 is 27.4 Å². The maximum atomic E-state index is 12.8. The first kappa shape index (κ1) is 18.2. The standard InChI is InChI=1S/C18H19NO6S/c1-19(12-13-3-5-14(6-4-13)18(20)23-2)26(21,22)15-7-8-16-17(11-15)25-10-9-24-16/h3-8,11H,9-10,12H2,1-2H3. The van der Waals surface area contributed by atoms with Crippen LogP contribution in [0.25, 0.3) is 0 Å². The van der Waals surface area contributed by atoms with E-state index in [0.29, 0.717) is 30.3 Å². The molecule has 0 bridgehead atoms. The molecule has 7 nitrogen and oxygen atoms in total. The Hall–Kier alpha value is -2.58. The second-order valence-electron chi connectivity index (χ2n) is 5.76. The fraction of sp³-hybridized carbons (Fsp3) is 0.278. The zero-order chi connectivity index (χ0) is 18.7. The highest BCUT2D eigenvalue weighted by molar-refractivity contribution is 7.89. The highest BCUT2D eigenvalue weighted by Crippen LogP contribution is 2.33. The summed E-state index contributed by atoms with van der Waals surface area (Å²) in [5.74, 6) is 0.526. The summed E-state index contributed by atoms with van der Waals surface area (Å²) in [6, 6.07) is 11.2. The van der Waals surface area contributed by atoms with Crippen LogP contribution in [0, 0.1) is 0 Å². The monoisotopic (exact) mass is 377 g/mol. The summed E-state index contributed by atoms with van der Waals surface area (Å²) in [5, 5.41) is 0. The zero-order valence-electron chi connectivity index (χ0n) is 14.5. The minimum Gasteiger partial charge on any atom is -0.486 e. The lowest BCUT2D eigenvalue weighted by Gasteiger charge is -2.21. The molecule has 1 aliphatic rings. The molecular formula is C18H19NO6S. The molecule has 0 saturated heterocycles. The zero-order valence-corrected chi connectivity index (χ0v) is 15.3. The van der Waals surface area contributed by atoms with Gasteiger partial charge in [-0.3, -0.25) is 0 Å². The van der Waals surface area contributed by atoms with Gasteiger partial charge in [0.1, 0.15) is 13.2 Å². The van der Waals surface area contributed by atoms with Crippen molar-refractivity contribution in [1.29, 1.82) is 0 Å². The highest BCUT2D eigenvalue weighted by Gasteiger charge is 2.24. The van der Waals surface area contributed by atoms with E-state index in [0.717, 1.165) is 5.56 Å². The number of esters is 1. The van der Waals surface area contributed by atoms with E-state index in [1.807, 2.05) is 0 Å². The minimum absolute atomic E-state index is 0.135. The van der Waals surface area contributed by atoms with Gasteiger partial charge in [0.05, 0.1) is 17.6 Å². The van der Waals surface area contributed by atoms with Gasteiger partial charge in [0.2, 0.25) is 10.0 Å². The van der Waals surface area contributed by atoms with Gasteiger partial charge in [0, 0.05) is 19.7 Å². The van der Waals surface area contributed by atoms with Gasteiger partial charge in [0.25, 0.3) is 0 Å². The molecule has 8 heteroatoms. The van der Waals surface area contributed by atoms with E-state index in [1.165, 1.54) is 30.6 Å². The average Bonchev–Trinajstić information content (AvgIpc) is 2.67. The molecule has 1 aliphatic heterocycles. The van der Waals surface area contributed by atoms with Crippen molar-refractivity contribution in [3.63, 3.8) is 0 Å². The summed E-state index contributed by atoms with van der Waals surface area (Å²) in [7, 11) is -0.886. The first-order valence-corrected chi connectivity index (χ1v) is 9.39. The van der Waals surface area contributed by atoms with Crippen molar-refractivity contribution in [3.8, 4) is 11.5 Å². The van der Waals surface area contributed by atoms with Crippen LogP contribution in [0.4, 0.5) is 0 Å². The van der Waals surface area contributed by atoms with Crippen LogP contribution < -0.4 is 9.47 Å². The lowest BCUT2D eigenvalue weighted by atomic mass is 10.1. The third-order valence-electron chi connectivity index (χ3n) is 4.00. The van der Waals surface area contributed by atoms with E-state index in [1.54, 1.807) is 30.3 Å². The van der Waals surface area contributed by atoms with Gasteiger partial charge in [0.15, 0.2) is 11.5 Å². The Kier molecular flexibility index (Phi) is 5.15. The maximum absolute atomic E-state index is 12.8. The maximum Gasteiger partial charge on any atom is 0.337 e. The van der Waals surface area contributed by atoms with Crippen LogP contribution in [0.2, 0.25) is 0 Å². The van der Waals surface area contributed by atoms with Crippen molar-refractivity contribution in [2.45, 2.75) is 11.4 Å². The molecule has 3 rings (SSSR count). The normalized spacial score (nSPS) is 13.5. The Morgan fingerprint density at radius 1 is 1.08 bits per heavy atom. The number of fused-ring (bicyclic) bond motifs is 1. The van der Waals surface area contributed by atoms with Crippen LogP contribution in [0.5, 0.6) is 11.5 Å². The summed E-state index contributed by atoms with van der Waals surface area (Å²) in [6.45, 7) is 0.998. The fourth-order valence-corrected chi connectivity index (χ4v) is 3.75. The molecule has 1 heterocycles. The van der Waals surface area contributed by atoms with E-state index in [4.69, 9.17) is 9.47 Å². The molecule has 0 aliphatic carbocycles. The number of rotatable bonds is 5. The number of ether oxygens (including phenoxy) is 3. The number of carbonyl (C=O) groups excluding carboxylic acids is 1. The van der Waals surface area contributed by atoms with Gasteiger partial charge < -0.3 is 14.2 Å². The van der Waals surface area contributed by atoms with Crippen molar-refractivity contribution in [1.82, 2.24) is 4.31 Å². The molecule has 0 atom stereocenters. The van der Waals surface area contributed by atoms with Gasteiger partial charge in [-0.05, 0) is 29.8 Å². The molecule has 0 fully saturated rings. The molecule has 138 valence electrons. The quantitative estimate of drug-likeness (QED) is 0.742. The smallest absolute Gasteiger partial charge is 0.337 e. The van der Waals surface area contributed by atoms with Crippen molar-refractivity contribution >= 4 is 16.0 Å². The molecule has 0 spiro atoms. The highest BCUT2D eigenvalue weighted by atomic mass is 32.2. The Labute approximate surface area is 152 Å². The Morgan fingerprint density at radius 2 is 1.73 bits per heavy atom. The molecule has 0 unspecified atom stereocenters. The van der Waals surface area contributed by atoms with Gasteiger partial charge in [-0.1, -0.05) is 12.1 Å². The van der Waals surface area contributed by atoms with Crippen LogP contribution >= 0.6 is 0 Å². The lowest BCUT2D eigenvalue weighted by molar-refractivity contribution is 0.0600. The predicted molar refractivity (Wildman–Crippen MR) is 93.9 cm³/mol. The Bertz CT molecular complexity index is 908. The topological polar surface area (TPSA) is 82.1 Å². The van der Waals surface area contributed by atoms with Crippen molar-refractivity contribution in [2.24, 2.45) is 0 Å². The number of sulfonamides is 1. The summed E-state index contributed by atoms with van der Waals surface area (Å²) in [6.07, 6.45) is 0. The molecule has 2 aromatic rings. The molecule has 0 amide bonds. The summed E-state index contributed by atoms with van der Waals surface area (Å²) in [4.78, 5) is 11.6. The molecule has 0 radical (unpaired) electrons. The first-order chi connectivity index (χ1) is 12.4. The number of carbonyl (C=O) groups is 1. The minimum atomic E-state index is -3.70. The molecule has 2 aromatic carbocycles. The van der Waals surface area contributed by atoms with Crippen molar-refractivity contribution in [3.05, 3.63) is 53.6 Å². The van der Waals surface area contributed by atoms with E-state index >= 15 is 0 Å². The summed E-state index contributed by atoms with van der Waals surface area (Å²) in [5.41, 5.74) is 1.16. The van der Waals surface area contributed by atoms with E-state index in [2.05, 4.69) is 4.74 Å². The lowest BCUT2D eigenvalue weighted by Crippen LogP contribution is -2.26. The van der Waals surface area contributed by atoms with Gasteiger partial charge in [-0.15, -0.1) is 0 Å². The Morgan fingerprint density at radius 3 is 2.38 bits per heavy atom. The number of methoxy groups -OCH3 is 1. The number of nitrogens with zero attached hydrogens (tertiary/aromatic N) is 1. The predicted octanol–water partition coefficient (Wildman–Crippen LogP) is 2.07. The fourth-order valence-electron chi connectivity index (χ4n) is 2.57. The third-order valence-corrected chi connectivity index (χ3v) is 5.80. The van der Waals surface area contributed by atoms with Crippen molar-refractivity contribution in [2.75, 3.05) is 27.4 Å². The van der Waals surface area contributed by atoms with Crippen LogP contribution in [-0.2, 0) is 21.3 Å². The summed E-state index contributed by atoms with van der Waals surface area (Å²) < 4.78 is 42.4. The molecule has 0 aromatic heterocycles. The van der Waals surface area contributed by atoms with Gasteiger partial charge in [-0.2, -0.15) is 4.31 Å². The van der Waals surface area contributed by atoms with Crippen LogP contribution in [0.3, 0.4) is 0 Å². The van der Waals surface area contributed by atoms with Gasteiger partial charge >= 0.3 is 5.97 Å². The second kappa shape index (κ2) is 7.35. The van der Waals surface area contributed by atoms with E-state index in [-0.39, 0.29) is 11.4 Å². The summed E-state index contributed by atoms with van der Waals surface area (Å²) >= 11 is 0. The van der Waals surface area contributed by atoms with E-state index < -0.39 is 16.0 Å². The molecule has 26 heavy (non-hydrogen) atoms. The molecule has 0 saturated carbocycles. The van der Waals surface area contributed by atoms with Crippen LogP contribution in [0.1, 0.15) is 15.9 Å². The first-order valence-electron chi connectivity index (χ1n) is 7.95. The number of hydrogen-bond donors (Lipinski definition) is 0. The third kappa shape index (κ3) is 3.66. The number of benzene rings is 2. The number of hydrogen-bond acceptors (Lipinski definition) is 6.